The molecule has 1 amide bonds. The van der Waals surface area contributed by atoms with E-state index in [4.69, 9.17) is 0 Å². The number of aromatic nitrogens is 1. The Balaban J connectivity index is 2.11. The molecule has 1 aromatic carbocycles. The largest absolute Gasteiger partial charge is 0.378 e. The average molecular weight is 255 g/mol. The van der Waals surface area contributed by atoms with Gasteiger partial charge in [-0.1, -0.05) is 0 Å². The van der Waals surface area contributed by atoms with Crippen LogP contribution < -0.4 is 10.2 Å². The van der Waals surface area contributed by atoms with Crippen molar-refractivity contribution in [1.82, 2.24) is 4.98 Å². The maximum Gasteiger partial charge on any atom is 0.255 e. The maximum absolute atomic E-state index is 12.1. The minimum Gasteiger partial charge on any atom is -0.378 e. The highest BCUT2D eigenvalue weighted by atomic mass is 16.1. The van der Waals surface area contributed by atoms with Crippen molar-refractivity contribution < 1.29 is 4.79 Å². The number of pyridine rings is 1. The van der Waals surface area contributed by atoms with Crippen molar-refractivity contribution in [2.24, 2.45) is 0 Å². The van der Waals surface area contributed by atoms with Crippen molar-refractivity contribution in [3.8, 4) is 0 Å². The van der Waals surface area contributed by atoms with Crippen LogP contribution in [0, 0.1) is 6.92 Å². The van der Waals surface area contributed by atoms with Crippen LogP contribution in [0.5, 0.6) is 0 Å². The number of benzene rings is 1. The molecule has 1 N–H and O–H groups in total. The maximum atomic E-state index is 12.1. The Morgan fingerprint density at radius 1 is 1.16 bits per heavy atom. The standard InChI is InChI=1S/C15H17N3O/c1-11-10-13(8-9-16-11)17-15(19)12-4-6-14(7-5-12)18(2)3/h4-10H,1-3H3,(H,16,17,19). The fourth-order valence-corrected chi connectivity index (χ4v) is 1.74. The molecule has 0 bridgehead atoms. The third-order valence-electron chi connectivity index (χ3n) is 2.80. The minimum atomic E-state index is -0.115. The molecule has 0 saturated carbocycles. The number of aryl methyl sites for hydroxylation is 1. The number of carbonyl (C=O) groups is 1. The van der Waals surface area contributed by atoms with Crippen molar-refractivity contribution in [3.05, 3.63) is 53.9 Å². The molecule has 0 aliphatic rings. The van der Waals surface area contributed by atoms with Crippen LogP contribution in [0.3, 0.4) is 0 Å². The highest BCUT2D eigenvalue weighted by Gasteiger charge is 2.06. The van der Waals surface area contributed by atoms with Gasteiger partial charge in [0.1, 0.15) is 0 Å². The van der Waals surface area contributed by atoms with Crippen molar-refractivity contribution in [2.75, 3.05) is 24.3 Å². The molecule has 1 aromatic heterocycles. The van der Waals surface area contributed by atoms with Gasteiger partial charge in [0.05, 0.1) is 0 Å². The van der Waals surface area contributed by atoms with E-state index in [0.717, 1.165) is 17.1 Å². The van der Waals surface area contributed by atoms with Crippen molar-refractivity contribution >= 4 is 17.3 Å². The number of anilines is 2. The van der Waals surface area contributed by atoms with E-state index in [9.17, 15) is 4.79 Å². The molecule has 4 heteroatoms. The van der Waals surface area contributed by atoms with Gasteiger partial charge in [-0.25, -0.2) is 0 Å². The summed E-state index contributed by atoms with van der Waals surface area (Å²) in [4.78, 5) is 18.1. The molecule has 98 valence electrons. The first kappa shape index (κ1) is 13.1. The molecule has 2 aromatic rings. The lowest BCUT2D eigenvalue weighted by molar-refractivity contribution is 0.102. The van der Waals surface area contributed by atoms with Gasteiger partial charge in [0.25, 0.3) is 5.91 Å². The molecule has 0 aliphatic heterocycles. The second-order valence-corrected chi connectivity index (χ2v) is 4.58. The van der Waals surface area contributed by atoms with Crippen molar-refractivity contribution in [3.63, 3.8) is 0 Å². The summed E-state index contributed by atoms with van der Waals surface area (Å²) in [6.07, 6.45) is 1.68. The molecule has 0 radical (unpaired) electrons. The molecule has 0 spiro atoms. The SMILES string of the molecule is Cc1cc(NC(=O)c2ccc(N(C)C)cc2)ccn1. The number of amides is 1. The summed E-state index contributed by atoms with van der Waals surface area (Å²) in [5.74, 6) is -0.115. The lowest BCUT2D eigenvalue weighted by Crippen LogP contribution is -2.13. The van der Waals surface area contributed by atoms with Gasteiger partial charge in [0.15, 0.2) is 0 Å². The second kappa shape index (κ2) is 5.52. The van der Waals surface area contributed by atoms with Crippen LogP contribution in [0.25, 0.3) is 0 Å². The molecule has 4 nitrogen and oxygen atoms in total. The zero-order chi connectivity index (χ0) is 13.8. The Morgan fingerprint density at radius 2 is 1.84 bits per heavy atom. The molecule has 0 fully saturated rings. The predicted octanol–water partition coefficient (Wildman–Crippen LogP) is 2.71. The van der Waals surface area contributed by atoms with E-state index in [-0.39, 0.29) is 5.91 Å². The van der Waals surface area contributed by atoms with Crippen LogP contribution in [0.4, 0.5) is 11.4 Å². The van der Waals surface area contributed by atoms with Crippen LogP contribution >= 0.6 is 0 Å². The molecular weight excluding hydrogens is 238 g/mol. The van der Waals surface area contributed by atoms with Crippen molar-refractivity contribution in [1.29, 1.82) is 0 Å². The molecule has 2 rings (SSSR count). The van der Waals surface area contributed by atoms with Gasteiger partial charge in [0, 0.05) is 42.9 Å². The summed E-state index contributed by atoms with van der Waals surface area (Å²) in [5, 5.41) is 2.86. The lowest BCUT2D eigenvalue weighted by Gasteiger charge is -2.12. The highest BCUT2D eigenvalue weighted by Crippen LogP contribution is 2.14. The topological polar surface area (TPSA) is 45.2 Å². The van der Waals surface area contributed by atoms with Crippen LogP contribution in [0.15, 0.2) is 42.6 Å². The van der Waals surface area contributed by atoms with Crippen molar-refractivity contribution in [2.45, 2.75) is 6.92 Å². The number of rotatable bonds is 3. The van der Waals surface area contributed by atoms with E-state index < -0.39 is 0 Å². The Morgan fingerprint density at radius 3 is 2.42 bits per heavy atom. The van der Waals surface area contributed by atoms with Gasteiger partial charge in [-0.05, 0) is 43.3 Å². The zero-order valence-electron chi connectivity index (χ0n) is 11.3. The van der Waals surface area contributed by atoms with E-state index in [1.54, 1.807) is 12.3 Å². The van der Waals surface area contributed by atoms with E-state index >= 15 is 0 Å². The van der Waals surface area contributed by atoms with Crippen LogP contribution in [-0.4, -0.2) is 25.0 Å². The second-order valence-electron chi connectivity index (χ2n) is 4.58. The minimum absolute atomic E-state index is 0.115. The Bertz CT molecular complexity index is 576. The average Bonchev–Trinajstić information content (AvgIpc) is 2.39. The van der Waals surface area contributed by atoms with E-state index in [1.807, 2.05) is 56.3 Å². The fourth-order valence-electron chi connectivity index (χ4n) is 1.74. The van der Waals surface area contributed by atoms with Gasteiger partial charge in [-0.2, -0.15) is 0 Å². The monoisotopic (exact) mass is 255 g/mol. The van der Waals surface area contributed by atoms with Gasteiger partial charge >= 0.3 is 0 Å². The summed E-state index contributed by atoms with van der Waals surface area (Å²) in [6.45, 7) is 1.89. The first-order chi connectivity index (χ1) is 9.06. The molecule has 19 heavy (non-hydrogen) atoms. The quantitative estimate of drug-likeness (QED) is 0.917. The van der Waals surface area contributed by atoms with Crippen LogP contribution in [-0.2, 0) is 0 Å². The smallest absolute Gasteiger partial charge is 0.255 e. The normalized spacial score (nSPS) is 10.1. The Hall–Kier alpha value is -2.36. The molecule has 0 atom stereocenters. The molecule has 0 unspecified atom stereocenters. The fraction of sp³-hybridized carbons (Fsp3) is 0.200. The number of nitrogens with zero attached hydrogens (tertiary/aromatic N) is 2. The first-order valence-corrected chi connectivity index (χ1v) is 6.07. The van der Waals surface area contributed by atoms with Gasteiger partial charge in [-0.3, -0.25) is 9.78 Å². The van der Waals surface area contributed by atoms with E-state index in [1.165, 1.54) is 0 Å². The lowest BCUT2D eigenvalue weighted by atomic mass is 10.2. The third-order valence-corrected chi connectivity index (χ3v) is 2.80. The third kappa shape index (κ3) is 3.31. The summed E-state index contributed by atoms with van der Waals surface area (Å²) >= 11 is 0. The summed E-state index contributed by atoms with van der Waals surface area (Å²) in [7, 11) is 3.93. The van der Waals surface area contributed by atoms with Crippen LogP contribution in [0.2, 0.25) is 0 Å². The number of hydrogen-bond acceptors (Lipinski definition) is 3. The highest BCUT2D eigenvalue weighted by molar-refractivity contribution is 6.04. The van der Waals surface area contributed by atoms with Gasteiger partial charge < -0.3 is 10.2 Å². The predicted molar refractivity (Wildman–Crippen MR) is 77.7 cm³/mol. The van der Waals surface area contributed by atoms with Gasteiger partial charge in [0.2, 0.25) is 0 Å². The Labute approximate surface area is 113 Å². The van der Waals surface area contributed by atoms with E-state index in [0.29, 0.717) is 5.56 Å². The molecule has 1 heterocycles. The Kier molecular flexibility index (Phi) is 3.80. The number of hydrogen-bond donors (Lipinski definition) is 1. The number of carbonyl (C=O) groups excluding carboxylic acids is 1. The molecule has 0 aliphatic carbocycles. The van der Waals surface area contributed by atoms with Crippen LogP contribution in [0.1, 0.15) is 16.1 Å². The van der Waals surface area contributed by atoms with Gasteiger partial charge in [-0.15, -0.1) is 0 Å². The summed E-state index contributed by atoms with van der Waals surface area (Å²) in [6, 6.07) is 11.1. The summed E-state index contributed by atoms with van der Waals surface area (Å²) < 4.78 is 0. The van der Waals surface area contributed by atoms with E-state index in [2.05, 4.69) is 10.3 Å². The number of nitrogens with one attached hydrogen (secondary N) is 1. The summed E-state index contributed by atoms with van der Waals surface area (Å²) in [5.41, 5.74) is 3.34. The first-order valence-electron chi connectivity index (χ1n) is 6.07. The molecular formula is C15H17N3O. The molecule has 0 saturated heterocycles. The zero-order valence-corrected chi connectivity index (χ0v) is 11.3.